The number of benzene rings is 2. The molecule has 8 heteroatoms. The maximum absolute atomic E-state index is 12.6. The molecule has 1 atom stereocenters. The monoisotopic (exact) mass is 385 g/mol. The standard InChI is InChI=1S/C20H19NO7/c1-24-14-6-4-12-16(18(14)25-2)20(23)28-17(12)19(22)21-8-7-11-3-5-13-15(9-11)27-10-26-13/h3-6,9,17H,7-8,10H2,1-2H3,(H,21,22)/t17-/m1/s1. The van der Waals surface area contributed by atoms with E-state index < -0.39 is 12.1 Å². The lowest BCUT2D eigenvalue weighted by atomic mass is 10.0. The third-order valence-corrected chi connectivity index (χ3v) is 4.68. The van der Waals surface area contributed by atoms with E-state index in [0.717, 1.165) is 5.56 Å². The summed E-state index contributed by atoms with van der Waals surface area (Å²) in [5.74, 6) is 1.08. The molecule has 0 saturated heterocycles. The summed E-state index contributed by atoms with van der Waals surface area (Å²) in [4.78, 5) is 24.8. The summed E-state index contributed by atoms with van der Waals surface area (Å²) in [5, 5.41) is 2.81. The van der Waals surface area contributed by atoms with Crippen LogP contribution in [0.2, 0.25) is 0 Å². The Bertz CT molecular complexity index is 940. The lowest BCUT2D eigenvalue weighted by Gasteiger charge is -2.13. The smallest absolute Gasteiger partial charge is 0.343 e. The van der Waals surface area contributed by atoms with Crippen LogP contribution < -0.4 is 24.3 Å². The van der Waals surface area contributed by atoms with Crippen LogP contribution in [0.1, 0.15) is 27.6 Å². The van der Waals surface area contributed by atoms with Gasteiger partial charge >= 0.3 is 5.97 Å². The molecule has 2 heterocycles. The van der Waals surface area contributed by atoms with Gasteiger partial charge in [0.1, 0.15) is 5.56 Å². The van der Waals surface area contributed by atoms with Crippen LogP contribution >= 0.6 is 0 Å². The van der Waals surface area contributed by atoms with Crippen LogP contribution in [0, 0.1) is 0 Å². The highest BCUT2D eigenvalue weighted by Crippen LogP contribution is 2.41. The van der Waals surface area contributed by atoms with E-state index in [1.54, 1.807) is 12.1 Å². The van der Waals surface area contributed by atoms with E-state index in [9.17, 15) is 9.59 Å². The van der Waals surface area contributed by atoms with Crippen molar-refractivity contribution in [3.63, 3.8) is 0 Å². The lowest BCUT2D eigenvalue weighted by Crippen LogP contribution is -2.31. The van der Waals surface area contributed by atoms with E-state index in [1.165, 1.54) is 14.2 Å². The minimum absolute atomic E-state index is 0.218. The summed E-state index contributed by atoms with van der Waals surface area (Å²) in [7, 11) is 2.91. The zero-order valence-corrected chi connectivity index (χ0v) is 15.4. The molecular weight excluding hydrogens is 366 g/mol. The van der Waals surface area contributed by atoms with E-state index in [1.807, 2.05) is 18.2 Å². The van der Waals surface area contributed by atoms with Gasteiger partial charge in [0, 0.05) is 12.1 Å². The number of ether oxygens (including phenoxy) is 5. The van der Waals surface area contributed by atoms with Gasteiger partial charge in [-0.15, -0.1) is 0 Å². The fraction of sp³-hybridized carbons (Fsp3) is 0.300. The molecule has 1 amide bonds. The second-order valence-electron chi connectivity index (χ2n) is 6.28. The van der Waals surface area contributed by atoms with E-state index in [-0.39, 0.29) is 24.0 Å². The zero-order valence-electron chi connectivity index (χ0n) is 15.4. The number of amides is 1. The van der Waals surface area contributed by atoms with Gasteiger partial charge in [-0.2, -0.15) is 0 Å². The minimum Gasteiger partial charge on any atom is -0.493 e. The van der Waals surface area contributed by atoms with Crippen molar-refractivity contribution < 1.29 is 33.3 Å². The third kappa shape index (κ3) is 3.06. The Morgan fingerprint density at radius 1 is 1.14 bits per heavy atom. The molecule has 28 heavy (non-hydrogen) atoms. The zero-order chi connectivity index (χ0) is 19.7. The first kappa shape index (κ1) is 18.0. The molecule has 0 spiro atoms. The van der Waals surface area contributed by atoms with E-state index >= 15 is 0 Å². The number of esters is 1. The summed E-state index contributed by atoms with van der Waals surface area (Å²) in [6, 6.07) is 8.93. The highest BCUT2D eigenvalue weighted by Gasteiger charge is 2.39. The number of rotatable bonds is 6. The predicted octanol–water partition coefficient (Wildman–Crippen LogP) is 2.00. The fourth-order valence-corrected chi connectivity index (χ4v) is 3.31. The Morgan fingerprint density at radius 3 is 2.75 bits per heavy atom. The van der Waals surface area contributed by atoms with Gasteiger partial charge in [-0.25, -0.2) is 4.79 Å². The average molecular weight is 385 g/mol. The van der Waals surface area contributed by atoms with Gasteiger partial charge in [-0.1, -0.05) is 6.07 Å². The highest BCUT2D eigenvalue weighted by atomic mass is 16.7. The highest BCUT2D eigenvalue weighted by molar-refractivity contribution is 6.02. The topological polar surface area (TPSA) is 92.3 Å². The Hall–Kier alpha value is -3.42. The number of carbonyl (C=O) groups is 2. The van der Waals surface area contributed by atoms with E-state index in [4.69, 9.17) is 23.7 Å². The molecule has 4 rings (SSSR count). The predicted molar refractivity (Wildman–Crippen MR) is 97.0 cm³/mol. The molecule has 146 valence electrons. The Kier molecular flexibility index (Phi) is 4.68. The maximum Gasteiger partial charge on any atom is 0.343 e. The van der Waals surface area contributed by atoms with Crippen molar-refractivity contribution in [2.75, 3.05) is 27.6 Å². The van der Waals surface area contributed by atoms with Gasteiger partial charge in [0.2, 0.25) is 12.9 Å². The summed E-state index contributed by atoms with van der Waals surface area (Å²) in [6.45, 7) is 0.603. The van der Waals surface area contributed by atoms with E-state index in [2.05, 4.69) is 5.32 Å². The molecule has 2 aromatic carbocycles. The van der Waals surface area contributed by atoms with Gasteiger partial charge in [0.05, 0.1) is 14.2 Å². The molecule has 2 aromatic rings. The molecule has 0 aliphatic carbocycles. The molecule has 0 radical (unpaired) electrons. The molecule has 2 aliphatic heterocycles. The molecule has 0 aromatic heterocycles. The Balaban J connectivity index is 1.43. The quantitative estimate of drug-likeness (QED) is 0.761. The van der Waals surface area contributed by atoms with Gasteiger partial charge < -0.3 is 29.0 Å². The van der Waals surface area contributed by atoms with Gasteiger partial charge in [-0.05, 0) is 36.2 Å². The third-order valence-electron chi connectivity index (χ3n) is 4.68. The molecule has 0 unspecified atom stereocenters. The molecule has 2 aliphatic rings. The average Bonchev–Trinajstić information content (AvgIpc) is 3.31. The first-order valence-electron chi connectivity index (χ1n) is 8.74. The summed E-state index contributed by atoms with van der Waals surface area (Å²) in [6.07, 6.45) is -0.416. The summed E-state index contributed by atoms with van der Waals surface area (Å²) >= 11 is 0. The van der Waals surface area contributed by atoms with Crippen LogP contribution in [0.5, 0.6) is 23.0 Å². The fourth-order valence-electron chi connectivity index (χ4n) is 3.31. The number of hydrogen-bond acceptors (Lipinski definition) is 7. The summed E-state index contributed by atoms with van der Waals surface area (Å²) in [5.41, 5.74) is 1.68. The van der Waals surface area contributed by atoms with Crippen LogP contribution in [-0.4, -0.2) is 39.4 Å². The molecule has 1 N–H and O–H groups in total. The number of carbonyl (C=O) groups excluding carboxylic acids is 2. The van der Waals surface area contributed by atoms with Gasteiger partial charge in [0.15, 0.2) is 23.0 Å². The van der Waals surface area contributed by atoms with Crippen LogP contribution in [0.15, 0.2) is 30.3 Å². The van der Waals surface area contributed by atoms with Gasteiger partial charge in [-0.3, -0.25) is 4.79 Å². The number of nitrogens with one attached hydrogen (secondary N) is 1. The number of cyclic esters (lactones) is 1. The minimum atomic E-state index is -1.01. The molecule has 0 saturated carbocycles. The Morgan fingerprint density at radius 2 is 1.96 bits per heavy atom. The SMILES string of the molecule is COc1ccc2c(c1OC)C(=O)O[C@H]2C(=O)NCCc1ccc2c(c1)OCO2. The van der Waals surface area contributed by atoms with E-state index in [0.29, 0.717) is 35.8 Å². The second-order valence-corrected chi connectivity index (χ2v) is 6.28. The Labute approximate surface area is 161 Å². The normalized spacial score (nSPS) is 16.4. The molecular formula is C20H19NO7. The van der Waals surface area contributed by atoms with Crippen molar-refractivity contribution in [1.82, 2.24) is 5.32 Å². The van der Waals surface area contributed by atoms with Crippen molar-refractivity contribution in [3.05, 3.63) is 47.0 Å². The van der Waals surface area contributed by atoms with Crippen molar-refractivity contribution in [2.45, 2.75) is 12.5 Å². The summed E-state index contributed by atoms with van der Waals surface area (Å²) < 4.78 is 26.4. The first-order valence-corrected chi connectivity index (χ1v) is 8.74. The number of fused-ring (bicyclic) bond motifs is 2. The van der Waals surface area contributed by atoms with Crippen molar-refractivity contribution in [2.24, 2.45) is 0 Å². The van der Waals surface area contributed by atoms with Gasteiger partial charge in [0.25, 0.3) is 5.91 Å². The number of hydrogen-bond donors (Lipinski definition) is 1. The van der Waals surface area contributed by atoms with Crippen LogP contribution in [0.3, 0.4) is 0 Å². The largest absolute Gasteiger partial charge is 0.493 e. The van der Waals surface area contributed by atoms with Crippen molar-refractivity contribution in [3.8, 4) is 23.0 Å². The lowest BCUT2D eigenvalue weighted by molar-refractivity contribution is -0.129. The number of methoxy groups -OCH3 is 2. The van der Waals surface area contributed by atoms with Crippen molar-refractivity contribution in [1.29, 1.82) is 0 Å². The second kappa shape index (κ2) is 7.30. The van der Waals surface area contributed by atoms with Crippen LogP contribution in [0.4, 0.5) is 0 Å². The first-order chi connectivity index (χ1) is 13.6. The van der Waals surface area contributed by atoms with Crippen LogP contribution in [-0.2, 0) is 16.0 Å². The molecule has 0 bridgehead atoms. The molecule has 0 fully saturated rings. The van der Waals surface area contributed by atoms with Crippen LogP contribution in [0.25, 0.3) is 0 Å². The van der Waals surface area contributed by atoms with Crippen molar-refractivity contribution >= 4 is 11.9 Å². The maximum atomic E-state index is 12.6. The molecule has 8 nitrogen and oxygen atoms in total.